The van der Waals surface area contributed by atoms with Gasteiger partial charge in [0.15, 0.2) is 0 Å². The number of nitrogens with zero attached hydrogens (tertiary/aromatic N) is 1. The van der Waals surface area contributed by atoms with Crippen LogP contribution in [0.25, 0.3) is 0 Å². The van der Waals surface area contributed by atoms with Crippen LogP contribution in [0.3, 0.4) is 0 Å². The van der Waals surface area contributed by atoms with Crippen LogP contribution in [-0.2, 0) is 9.53 Å². The molecular weight excluding hydrogens is 280 g/mol. The third kappa shape index (κ3) is 7.00. The number of urea groups is 1. The van der Waals surface area contributed by atoms with Crippen LogP contribution in [0, 0.1) is 0 Å². The SMILES string of the molecule is CCC(C)N(CCOC)C(=O)N[C@H](CCSC)C(=O)O. The van der Waals surface area contributed by atoms with Crippen molar-refractivity contribution in [2.24, 2.45) is 0 Å². The summed E-state index contributed by atoms with van der Waals surface area (Å²) in [7, 11) is 1.57. The van der Waals surface area contributed by atoms with Crippen LogP contribution in [-0.4, -0.2) is 66.4 Å². The second-order valence-corrected chi connectivity index (χ2v) is 5.55. The molecule has 0 aliphatic rings. The number of carboxylic acids is 1. The molecule has 0 rings (SSSR count). The fourth-order valence-corrected chi connectivity index (χ4v) is 2.13. The highest BCUT2D eigenvalue weighted by Gasteiger charge is 2.24. The normalized spacial score (nSPS) is 13.6. The van der Waals surface area contributed by atoms with Crippen molar-refractivity contribution in [3.8, 4) is 0 Å². The van der Waals surface area contributed by atoms with Gasteiger partial charge >= 0.3 is 12.0 Å². The van der Waals surface area contributed by atoms with Crippen molar-refractivity contribution >= 4 is 23.8 Å². The molecular formula is C13H26N2O4S. The lowest BCUT2D eigenvalue weighted by atomic mass is 10.2. The summed E-state index contributed by atoms with van der Waals surface area (Å²) in [5, 5.41) is 11.7. The first-order valence-electron chi connectivity index (χ1n) is 6.75. The van der Waals surface area contributed by atoms with Crippen molar-refractivity contribution in [1.29, 1.82) is 0 Å². The van der Waals surface area contributed by atoms with Gasteiger partial charge in [-0.2, -0.15) is 11.8 Å². The summed E-state index contributed by atoms with van der Waals surface area (Å²) >= 11 is 1.56. The molecule has 0 radical (unpaired) electrons. The first-order chi connectivity index (χ1) is 9.47. The lowest BCUT2D eigenvalue weighted by Gasteiger charge is -2.29. The number of carboxylic acid groups (broad SMARTS) is 1. The van der Waals surface area contributed by atoms with E-state index in [2.05, 4.69) is 5.32 Å². The average molecular weight is 306 g/mol. The van der Waals surface area contributed by atoms with Gasteiger partial charge in [-0.1, -0.05) is 6.92 Å². The standard InChI is InChI=1S/C13H26N2O4S/c1-5-10(2)15(7-8-19-3)13(18)14-11(12(16)17)6-9-20-4/h10-11H,5-9H2,1-4H3,(H,14,18)(H,16,17)/t10?,11-/m1/s1. The van der Waals surface area contributed by atoms with E-state index in [0.717, 1.165) is 6.42 Å². The third-order valence-corrected chi connectivity index (χ3v) is 3.77. The zero-order valence-electron chi connectivity index (χ0n) is 12.7. The van der Waals surface area contributed by atoms with Gasteiger partial charge in [-0.05, 0) is 31.8 Å². The van der Waals surface area contributed by atoms with E-state index in [4.69, 9.17) is 9.84 Å². The maximum absolute atomic E-state index is 12.2. The van der Waals surface area contributed by atoms with Crippen molar-refractivity contribution in [2.45, 2.75) is 38.8 Å². The summed E-state index contributed by atoms with van der Waals surface area (Å²) in [6, 6.07) is -1.14. The van der Waals surface area contributed by atoms with Gasteiger partial charge in [0.1, 0.15) is 6.04 Å². The maximum atomic E-state index is 12.2. The molecule has 2 atom stereocenters. The van der Waals surface area contributed by atoms with E-state index in [1.165, 1.54) is 0 Å². The smallest absolute Gasteiger partial charge is 0.326 e. The minimum atomic E-state index is -0.997. The van der Waals surface area contributed by atoms with Gasteiger partial charge in [0.2, 0.25) is 0 Å². The lowest BCUT2D eigenvalue weighted by Crippen LogP contribution is -2.51. The van der Waals surface area contributed by atoms with Crippen LogP contribution < -0.4 is 5.32 Å². The summed E-state index contributed by atoms with van der Waals surface area (Å²) < 4.78 is 4.99. The predicted octanol–water partition coefficient (Wildman–Crippen LogP) is 1.65. The van der Waals surface area contributed by atoms with Gasteiger partial charge in [0.25, 0.3) is 0 Å². The van der Waals surface area contributed by atoms with Crippen molar-refractivity contribution < 1.29 is 19.4 Å². The molecule has 0 aliphatic heterocycles. The van der Waals surface area contributed by atoms with E-state index in [1.54, 1.807) is 23.8 Å². The molecule has 0 fully saturated rings. The quantitative estimate of drug-likeness (QED) is 0.641. The summed E-state index contributed by atoms with van der Waals surface area (Å²) in [6.45, 7) is 4.81. The number of carbonyl (C=O) groups excluding carboxylic acids is 1. The molecule has 2 amide bonds. The number of carbonyl (C=O) groups is 2. The Hall–Kier alpha value is -0.950. The molecule has 7 heteroatoms. The molecule has 0 saturated heterocycles. The van der Waals surface area contributed by atoms with Gasteiger partial charge < -0.3 is 20.1 Å². The van der Waals surface area contributed by atoms with Crippen LogP contribution in [0.5, 0.6) is 0 Å². The Kier molecular flexibility index (Phi) is 10.3. The minimum Gasteiger partial charge on any atom is -0.480 e. The van der Waals surface area contributed by atoms with Gasteiger partial charge in [-0.3, -0.25) is 0 Å². The van der Waals surface area contributed by atoms with Crippen LogP contribution in [0.15, 0.2) is 0 Å². The second kappa shape index (κ2) is 10.8. The molecule has 0 heterocycles. The van der Waals surface area contributed by atoms with E-state index >= 15 is 0 Å². The highest BCUT2D eigenvalue weighted by molar-refractivity contribution is 7.98. The summed E-state index contributed by atoms with van der Waals surface area (Å²) in [5.41, 5.74) is 0. The number of rotatable bonds is 10. The molecule has 0 spiro atoms. The number of aliphatic carboxylic acids is 1. The summed E-state index contributed by atoms with van der Waals surface area (Å²) in [4.78, 5) is 25.0. The Balaban J connectivity index is 4.64. The van der Waals surface area contributed by atoms with Crippen LogP contribution in [0.2, 0.25) is 0 Å². The van der Waals surface area contributed by atoms with E-state index < -0.39 is 12.0 Å². The monoisotopic (exact) mass is 306 g/mol. The molecule has 20 heavy (non-hydrogen) atoms. The van der Waals surface area contributed by atoms with Crippen LogP contribution in [0.4, 0.5) is 4.79 Å². The Morgan fingerprint density at radius 1 is 1.45 bits per heavy atom. The predicted molar refractivity (Wildman–Crippen MR) is 81.3 cm³/mol. The maximum Gasteiger partial charge on any atom is 0.326 e. The molecule has 118 valence electrons. The molecule has 6 nitrogen and oxygen atoms in total. The Labute approximate surface area is 125 Å². The Morgan fingerprint density at radius 2 is 2.10 bits per heavy atom. The second-order valence-electron chi connectivity index (χ2n) is 4.57. The lowest BCUT2D eigenvalue weighted by molar-refractivity contribution is -0.139. The highest BCUT2D eigenvalue weighted by Crippen LogP contribution is 2.06. The molecule has 0 aromatic heterocycles. The molecule has 0 aromatic rings. The number of hydrogen-bond donors (Lipinski definition) is 2. The fraction of sp³-hybridized carbons (Fsp3) is 0.846. The van der Waals surface area contributed by atoms with Crippen molar-refractivity contribution in [2.75, 3.05) is 32.3 Å². The van der Waals surface area contributed by atoms with E-state index in [0.29, 0.717) is 25.3 Å². The Bertz CT molecular complexity index is 302. The number of nitrogens with one attached hydrogen (secondary N) is 1. The zero-order valence-corrected chi connectivity index (χ0v) is 13.5. The van der Waals surface area contributed by atoms with E-state index in [-0.39, 0.29) is 12.1 Å². The van der Waals surface area contributed by atoms with E-state index in [9.17, 15) is 9.59 Å². The van der Waals surface area contributed by atoms with Gasteiger partial charge in [0, 0.05) is 19.7 Å². The van der Waals surface area contributed by atoms with Gasteiger partial charge in [0.05, 0.1) is 6.61 Å². The first kappa shape index (κ1) is 19.1. The molecule has 0 aliphatic carbocycles. The summed E-state index contributed by atoms with van der Waals surface area (Å²) in [5.74, 6) is -0.304. The molecule has 0 bridgehead atoms. The number of thioether (sulfide) groups is 1. The molecule has 1 unspecified atom stereocenters. The van der Waals surface area contributed by atoms with Crippen LogP contribution in [0.1, 0.15) is 26.7 Å². The fourth-order valence-electron chi connectivity index (χ4n) is 1.66. The van der Waals surface area contributed by atoms with E-state index in [1.807, 2.05) is 20.1 Å². The molecule has 0 aromatic carbocycles. The average Bonchev–Trinajstić information content (AvgIpc) is 2.42. The number of ether oxygens (including phenoxy) is 1. The van der Waals surface area contributed by atoms with Crippen molar-refractivity contribution in [3.63, 3.8) is 0 Å². The third-order valence-electron chi connectivity index (χ3n) is 3.13. The molecule has 0 saturated carbocycles. The highest BCUT2D eigenvalue weighted by atomic mass is 32.2. The largest absolute Gasteiger partial charge is 0.480 e. The number of methoxy groups -OCH3 is 1. The van der Waals surface area contributed by atoms with Gasteiger partial charge in [-0.25, -0.2) is 9.59 Å². The first-order valence-corrected chi connectivity index (χ1v) is 8.15. The number of hydrogen-bond acceptors (Lipinski definition) is 4. The minimum absolute atomic E-state index is 0.0418. The number of amides is 2. The van der Waals surface area contributed by atoms with Crippen LogP contribution >= 0.6 is 11.8 Å². The van der Waals surface area contributed by atoms with Crippen molar-refractivity contribution in [3.05, 3.63) is 0 Å². The Morgan fingerprint density at radius 3 is 2.55 bits per heavy atom. The zero-order chi connectivity index (χ0) is 15.5. The summed E-state index contributed by atoms with van der Waals surface area (Å²) in [6.07, 6.45) is 3.13. The topological polar surface area (TPSA) is 78.9 Å². The van der Waals surface area contributed by atoms with Crippen molar-refractivity contribution in [1.82, 2.24) is 10.2 Å². The molecule has 2 N–H and O–H groups in total. The van der Waals surface area contributed by atoms with Gasteiger partial charge in [-0.15, -0.1) is 0 Å².